The normalized spacial score (nSPS) is 12.3. The summed E-state index contributed by atoms with van der Waals surface area (Å²) < 4.78 is 27.0. The van der Waals surface area contributed by atoms with E-state index in [1.54, 1.807) is 12.1 Å². The molecule has 0 aliphatic carbocycles. The maximum atomic E-state index is 12.1. The zero-order valence-corrected chi connectivity index (χ0v) is 11.9. The number of nitrogens with zero attached hydrogens (tertiary/aromatic N) is 2. The summed E-state index contributed by atoms with van der Waals surface area (Å²) in [5.41, 5.74) is 7.24. The van der Waals surface area contributed by atoms with Gasteiger partial charge in [0.15, 0.2) is 0 Å². The maximum absolute atomic E-state index is 12.1. The van der Waals surface area contributed by atoms with Crippen LogP contribution in [0.4, 0.5) is 5.69 Å². The molecule has 1 aromatic rings. The molecule has 0 amide bonds. The van der Waals surface area contributed by atoms with Crippen LogP contribution in [0.2, 0.25) is 0 Å². The number of hydrogen-bond donors (Lipinski definition) is 1. The smallest absolute Gasteiger partial charge is 0.281 e. The van der Waals surface area contributed by atoms with Gasteiger partial charge in [-0.25, -0.2) is 0 Å². The molecule has 6 heteroatoms. The van der Waals surface area contributed by atoms with Crippen molar-refractivity contribution in [3.63, 3.8) is 0 Å². The van der Waals surface area contributed by atoms with E-state index in [1.165, 1.54) is 22.7 Å². The third-order valence-electron chi connectivity index (χ3n) is 2.57. The largest absolute Gasteiger partial charge is 0.399 e. The second kappa shape index (κ2) is 6.17. The summed E-state index contributed by atoms with van der Waals surface area (Å²) in [6, 6.07) is 7.29. The zero-order chi connectivity index (χ0) is 13.8. The van der Waals surface area contributed by atoms with Gasteiger partial charge in [-0.05, 0) is 24.1 Å². The van der Waals surface area contributed by atoms with Crippen LogP contribution in [0, 0.1) is 0 Å². The van der Waals surface area contributed by atoms with Gasteiger partial charge in [0.05, 0.1) is 0 Å². The fourth-order valence-corrected chi connectivity index (χ4v) is 2.84. The summed E-state index contributed by atoms with van der Waals surface area (Å²) in [7, 11) is -0.308. The van der Waals surface area contributed by atoms with E-state index in [9.17, 15) is 8.42 Å². The molecule has 0 aliphatic rings. The highest BCUT2D eigenvalue weighted by molar-refractivity contribution is 7.86. The third-order valence-corrected chi connectivity index (χ3v) is 4.46. The number of benzene rings is 1. The van der Waals surface area contributed by atoms with Crippen LogP contribution in [-0.4, -0.2) is 37.7 Å². The topological polar surface area (TPSA) is 66.6 Å². The van der Waals surface area contributed by atoms with Crippen molar-refractivity contribution in [2.45, 2.75) is 19.9 Å². The molecule has 0 heterocycles. The predicted octanol–water partition coefficient (Wildman–Crippen LogP) is 1.29. The molecule has 1 aromatic carbocycles. The van der Waals surface area contributed by atoms with Crippen molar-refractivity contribution in [1.82, 2.24) is 8.61 Å². The number of nitrogens with two attached hydrogens (primary N) is 1. The fraction of sp³-hybridized carbons (Fsp3) is 0.500. The van der Waals surface area contributed by atoms with Gasteiger partial charge in [0.1, 0.15) is 0 Å². The first kappa shape index (κ1) is 14.9. The van der Waals surface area contributed by atoms with Gasteiger partial charge in [-0.3, -0.25) is 0 Å². The molecular formula is C12H21N3O2S. The standard InChI is InChI=1S/C12H21N3O2S/c1-4-8-15(18(16,17)14(2)3)10-11-6-5-7-12(13)9-11/h5-7,9H,4,8,10,13H2,1-3H3. The van der Waals surface area contributed by atoms with Gasteiger partial charge in [0, 0.05) is 32.9 Å². The van der Waals surface area contributed by atoms with Crippen molar-refractivity contribution >= 4 is 15.9 Å². The monoisotopic (exact) mass is 271 g/mol. The highest BCUT2D eigenvalue weighted by Gasteiger charge is 2.23. The molecule has 0 saturated carbocycles. The first-order valence-corrected chi connectivity index (χ1v) is 7.29. The van der Waals surface area contributed by atoms with Gasteiger partial charge in [-0.1, -0.05) is 19.1 Å². The second-order valence-corrected chi connectivity index (χ2v) is 6.51. The summed E-state index contributed by atoms with van der Waals surface area (Å²) in [4.78, 5) is 0. The molecule has 102 valence electrons. The van der Waals surface area contributed by atoms with Crippen LogP contribution < -0.4 is 5.73 Å². The van der Waals surface area contributed by atoms with Crippen molar-refractivity contribution in [1.29, 1.82) is 0 Å². The van der Waals surface area contributed by atoms with Gasteiger partial charge in [-0.15, -0.1) is 0 Å². The average molecular weight is 271 g/mol. The minimum Gasteiger partial charge on any atom is -0.399 e. The lowest BCUT2D eigenvalue weighted by Gasteiger charge is -2.25. The van der Waals surface area contributed by atoms with Crippen LogP contribution in [0.5, 0.6) is 0 Å². The van der Waals surface area contributed by atoms with Gasteiger partial charge in [0.2, 0.25) is 0 Å². The van der Waals surface area contributed by atoms with E-state index in [4.69, 9.17) is 5.73 Å². The van der Waals surface area contributed by atoms with E-state index in [1.807, 2.05) is 19.1 Å². The van der Waals surface area contributed by atoms with Gasteiger partial charge >= 0.3 is 0 Å². The van der Waals surface area contributed by atoms with Gasteiger partial charge in [-0.2, -0.15) is 17.0 Å². The van der Waals surface area contributed by atoms with Crippen LogP contribution in [0.1, 0.15) is 18.9 Å². The van der Waals surface area contributed by atoms with E-state index in [0.29, 0.717) is 18.8 Å². The van der Waals surface area contributed by atoms with Crippen LogP contribution in [0.15, 0.2) is 24.3 Å². The molecule has 0 unspecified atom stereocenters. The first-order chi connectivity index (χ1) is 8.37. The quantitative estimate of drug-likeness (QED) is 0.793. The minimum absolute atomic E-state index is 0.347. The van der Waals surface area contributed by atoms with Crippen molar-refractivity contribution < 1.29 is 8.42 Å². The summed E-state index contributed by atoms with van der Waals surface area (Å²) >= 11 is 0. The Balaban J connectivity index is 2.94. The molecular weight excluding hydrogens is 250 g/mol. The molecule has 5 nitrogen and oxygen atoms in total. The van der Waals surface area contributed by atoms with Gasteiger partial charge in [0.25, 0.3) is 10.2 Å². The Kier molecular flexibility index (Phi) is 5.13. The first-order valence-electron chi connectivity index (χ1n) is 5.90. The lowest BCUT2D eigenvalue weighted by Crippen LogP contribution is -2.40. The molecule has 0 aromatic heterocycles. The van der Waals surface area contributed by atoms with E-state index >= 15 is 0 Å². The molecule has 18 heavy (non-hydrogen) atoms. The zero-order valence-electron chi connectivity index (χ0n) is 11.1. The Morgan fingerprint density at radius 1 is 1.28 bits per heavy atom. The Bertz CT molecular complexity index is 486. The van der Waals surface area contributed by atoms with Crippen LogP contribution in [0.25, 0.3) is 0 Å². The Morgan fingerprint density at radius 2 is 1.94 bits per heavy atom. The van der Waals surface area contributed by atoms with Gasteiger partial charge < -0.3 is 5.73 Å². The lowest BCUT2D eigenvalue weighted by atomic mass is 10.2. The number of rotatable bonds is 6. The lowest BCUT2D eigenvalue weighted by molar-refractivity contribution is 0.369. The average Bonchev–Trinajstić information content (AvgIpc) is 2.28. The summed E-state index contributed by atoms with van der Waals surface area (Å²) in [6.07, 6.45) is 0.773. The van der Waals surface area contributed by atoms with Crippen LogP contribution in [0.3, 0.4) is 0 Å². The fourth-order valence-electron chi connectivity index (χ4n) is 1.65. The molecule has 0 spiro atoms. The molecule has 2 N–H and O–H groups in total. The molecule has 0 radical (unpaired) electrons. The third kappa shape index (κ3) is 3.69. The molecule has 1 rings (SSSR count). The van der Waals surface area contributed by atoms with Crippen molar-refractivity contribution in [2.75, 3.05) is 26.4 Å². The Labute approximate surface area is 109 Å². The summed E-state index contributed by atoms with van der Waals surface area (Å²) in [5, 5.41) is 0. The second-order valence-electron chi connectivity index (χ2n) is 4.37. The minimum atomic E-state index is -3.39. The van der Waals surface area contributed by atoms with Crippen molar-refractivity contribution in [3.8, 4) is 0 Å². The summed E-state index contributed by atoms with van der Waals surface area (Å²) in [5.74, 6) is 0. The predicted molar refractivity (Wildman–Crippen MR) is 74.2 cm³/mol. The van der Waals surface area contributed by atoms with E-state index in [2.05, 4.69) is 0 Å². The highest BCUT2D eigenvalue weighted by atomic mass is 32.2. The summed E-state index contributed by atoms with van der Waals surface area (Å²) in [6.45, 7) is 2.80. The van der Waals surface area contributed by atoms with E-state index in [0.717, 1.165) is 12.0 Å². The van der Waals surface area contributed by atoms with E-state index in [-0.39, 0.29) is 0 Å². The molecule has 0 saturated heterocycles. The SMILES string of the molecule is CCCN(Cc1cccc(N)c1)S(=O)(=O)N(C)C. The Morgan fingerprint density at radius 3 is 2.44 bits per heavy atom. The van der Waals surface area contributed by atoms with Crippen molar-refractivity contribution in [2.24, 2.45) is 0 Å². The molecule has 0 fully saturated rings. The number of hydrogen-bond acceptors (Lipinski definition) is 3. The van der Waals surface area contributed by atoms with E-state index < -0.39 is 10.2 Å². The molecule has 0 bridgehead atoms. The number of anilines is 1. The molecule has 0 aliphatic heterocycles. The van der Waals surface area contributed by atoms with Crippen LogP contribution >= 0.6 is 0 Å². The van der Waals surface area contributed by atoms with Crippen molar-refractivity contribution in [3.05, 3.63) is 29.8 Å². The molecule has 0 atom stereocenters. The van der Waals surface area contributed by atoms with Crippen LogP contribution in [-0.2, 0) is 16.8 Å². The number of nitrogen functional groups attached to an aromatic ring is 1. The Hall–Kier alpha value is -1.11. The highest BCUT2D eigenvalue weighted by Crippen LogP contribution is 2.14. The maximum Gasteiger partial charge on any atom is 0.281 e.